The number of nitrogens with zero attached hydrogens (tertiary/aromatic N) is 2. The number of hydrogen-bond acceptors (Lipinski definition) is 4. The standard InChI is InChI=1S/C21H35N5O2.HI/c1-4-17(5-2)19(26-9-11-28-12-10-26)15-25-21(23-3)24-14-16-7-6-8-18(13-16)20(22)27;/h6-8,13,17,19H,4-5,9-12,14-15H2,1-3H3,(H2,22,27)(H2,23,24,25);1H. The summed E-state index contributed by atoms with van der Waals surface area (Å²) in [7, 11) is 1.77. The van der Waals surface area contributed by atoms with Crippen molar-refractivity contribution < 1.29 is 9.53 Å². The lowest BCUT2D eigenvalue weighted by Crippen LogP contribution is -2.53. The molecule has 0 saturated carbocycles. The summed E-state index contributed by atoms with van der Waals surface area (Å²) in [5.41, 5.74) is 6.87. The molecule has 2 rings (SSSR count). The molecule has 1 atom stereocenters. The minimum atomic E-state index is -0.414. The highest BCUT2D eigenvalue weighted by Crippen LogP contribution is 2.19. The number of nitrogens with one attached hydrogen (secondary N) is 2. The predicted molar refractivity (Wildman–Crippen MR) is 129 cm³/mol. The van der Waals surface area contributed by atoms with Crippen LogP contribution in [0.3, 0.4) is 0 Å². The van der Waals surface area contributed by atoms with Gasteiger partial charge in [-0.1, -0.05) is 38.8 Å². The fourth-order valence-corrected chi connectivity index (χ4v) is 3.78. The second-order valence-electron chi connectivity index (χ2n) is 7.16. The molecule has 1 fully saturated rings. The van der Waals surface area contributed by atoms with E-state index in [1.165, 1.54) is 0 Å². The van der Waals surface area contributed by atoms with Crippen LogP contribution in [0.15, 0.2) is 29.3 Å². The van der Waals surface area contributed by atoms with Crippen molar-refractivity contribution in [3.63, 3.8) is 0 Å². The Balaban J connectivity index is 0.00000420. The molecule has 1 heterocycles. The molecule has 0 aliphatic carbocycles. The number of halogens is 1. The van der Waals surface area contributed by atoms with Gasteiger partial charge in [-0.25, -0.2) is 0 Å². The molecule has 1 aromatic carbocycles. The number of aliphatic imine (C=N–C) groups is 1. The second kappa shape index (κ2) is 13.8. The lowest BCUT2D eigenvalue weighted by molar-refractivity contribution is 0.00272. The molecule has 29 heavy (non-hydrogen) atoms. The topological polar surface area (TPSA) is 92.0 Å². The van der Waals surface area contributed by atoms with Crippen molar-refractivity contribution in [2.75, 3.05) is 39.9 Å². The monoisotopic (exact) mass is 517 g/mol. The van der Waals surface area contributed by atoms with E-state index in [9.17, 15) is 4.79 Å². The molecule has 0 spiro atoms. The van der Waals surface area contributed by atoms with E-state index in [1.807, 2.05) is 18.2 Å². The zero-order chi connectivity index (χ0) is 20.4. The van der Waals surface area contributed by atoms with Gasteiger partial charge in [0.2, 0.25) is 5.91 Å². The fraction of sp³-hybridized carbons (Fsp3) is 0.619. The molecule has 0 aromatic heterocycles. The second-order valence-corrected chi connectivity index (χ2v) is 7.16. The van der Waals surface area contributed by atoms with Crippen LogP contribution in [0.1, 0.15) is 42.6 Å². The number of nitrogens with two attached hydrogens (primary N) is 1. The number of morpholine rings is 1. The van der Waals surface area contributed by atoms with Crippen LogP contribution in [0.4, 0.5) is 0 Å². The summed E-state index contributed by atoms with van der Waals surface area (Å²) in [6.07, 6.45) is 2.32. The van der Waals surface area contributed by atoms with Gasteiger partial charge in [-0.15, -0.1) is 24.0 Å². The molecule has 8 heteroatoms. The van der Waals surface area contributed by atoms with Crippen LogP contribution in [0.25, 0.3) is 0 Å². The Bertz CT molecular complexity index is 646. The van der Waals surface area contributed by atoms with Crippen molar-refractivity contribution >= 4 is 35.8 Å². The highest BCUT2D eigenvalue weighted by Gasteiger charge is 2.26. The van der Waals surface area contributed by atoms with Gasteiger partial charge < -0.3 is 21.1 Å². The fourth-order valence-electron chi connectivity index (χ4n) is 3.78. The molecule has 1 aliphatic heterocycles. The molecule has 0 radical (unpaired) electrons. The van der Waals surface area contributed by atoms with Gasteiger partial charge in [0.15, 0.2) is 5.96 Å². The lowest BCUT2D eigenvalue weighted by atomic mass is 9.92. The van der Waals surface area contributed by atoms with Crippen LogP contribution >= 0.6 is 24.0 Å². The lowest BCUT2D eigenvalue weighted by Gasteiger charge is -2.39. The first kappa shape index (κ1) is 25.6. The van der Waals surface area contributed by atoms with Gasteiger partial charge in [0.25, 0.3) is 0 Å². The molecule has 4 N–H and O–H groups in total. The Morgan fingerprint density at radius 1 is 1.24 bits per heavy atom. The quantitative estimate of drug-likeness (QED) is 0.266. The Morgan fingerprint density at radius 2 is 1.93 bits per heavy atom. The van der Waals surface area contributed by atoms with Crippen molar-refractivity contribution in [2.24, 2.45) is 16.6 Å². The maximum Gasteiger partial charge on any atom is 0.248 e. The molecule has 1 saturated heterocycles. The van der Waals surface area contributed by atoms with Crippen LogP contribution in [-0.2, 0) is 11.3 Å². The van der Waals surface area contributed by atoms with Gasteiger partial charge in [-0.05, 0) is 23.6 Å². The highest BCUT2D eigenvalue weighted by molar-refractivity contribution is 14.0. The smallest absolute Gasteiger partial charge is 0.248 e. The van der Waals surface area contributed by atoms with E-state index in [2.05, 4.69) is 34.4 Å². The zero-order valence-corrected chi connectivity index (χ0v) is 20.1. The predicted octanol–water partition coefficient (Wildman–Crippen LogP) is 2.21. The molecule has 1 amide bonds. The minimum absolute atomic E-state index is 0. The zero-order valence-electron chi connectivity index (χ0n) is 17.8. The molecular formula is C21H36IN5O2. The van der Waals surface area contributed by atoms with Gasteiger partial charge in [0.05, 0.1) is 13.2 Å². The third kappa shape index (κ3) is 8.10. The number of primary amides is 1. The summed E-state index contributed by atoms with van der Waals surface area (Å²) in [5, 5.41) is 6.82. The first-order valence-corrected chi connectivity index (χ1v) is 10.2. The maximum absolute atomic E-state index is 11.3. The van der Waals surface area contributed by atoms with Crippen LogP contribution in [0.2, 0.25) is 0 Å². The number of amides is 1. The number of rotatable bonds is 9. The summed E-state index contributed by atoms with van der Waals surface area (Å²) >= 11 is 0. The van der Waals surface area contributed by atoms with Gasteiger partial charge >= 0.3 is 0 Å². The number of guanidine groups is 1. The van der Waals surface area contributed by atoms with Crippen molar-refractivity contribution in [2.45, 2.75) is 39.3 Å². The van der Waals surface area contributed by atoms with E-state index < -0.39 is 5.91 Å². The number of carbonyl (C=O) groups is 1. The van der Waals surface area contributed by atoms with Crippen molar-refractivity contribution in [3.8, 4) is 0 Å². The summed E-state index contributed by atoms with van der Waals surface area (Å²) in [6, 6.07) is 7.79. The van der Waals surface area contributed by atoms with Gasteiger partial charge in [0, 0.05) is 44.8 Å². The third-order valence-corrected chi connectivity index (χ3v) is 5.48. The normalized spacial score (nSPS) is 16.2. The van der Waals surface area contributed by atoms with Crippen molar-refractivity contribution in [1.29, 1.82) is 0 Å². The molecule has 0 bridgehead atoms. The Kier molecular flexibility index (Phi) is 12.2. The number of carbonyl (C=O) groups excluding carboxylic acids is 1. The molecule has 1 unspecified atom stereocenters. The molecular weight excluding hydrogens is 481 g/mol. The van der Waals surface area contributed by atoms with Gasteiger partial charge in [-0.2, -0.15) is 0 Å². The average Bonchev–Trinajstić information content (AvgIpc) is 2.74. The van der Waals surface area contributed by atoms with Gasteiger partial charge in [-0.3, -0.25) is 14.7 Å². The minimum Gasteiger partial charge on any atom is -0.379 e. The summed E-state index contributed by atoms with van der Waals surface area (Å²) in [6.45, 7) is 9.52. The van der Waals surface area contributed by atoms with Crippen molar-refractivity contribution in [3.05, 3.63) is 35.4 Å². The van der Waals surface area contributed by atoms with E-state index in [0.717, 1.165) is 57.2 Å². The average molecular weight is 517 g/mol. The first-order valence-electron chi connectivity index (χ1n) is 10.2. The molecule has 7 nitrogen and oxygen atoms in total. The summed E-state index contributed by atoms with van der Waals surface area (Å²) in [5.74, 6) is 0.979. The number of hydrogen-bond donors (Lipinski definition) is 3. The number of ether oxygens (including phenoxy) is 1. The van der Waals surface area contributed by atoms with E-state index in [1.54, 1.807) is 13.1 Å². The summed E-state index contributed by atoms with van der Waals surface area (Å²) < 4.78 is 5.53. The van der Waals surface area contributed by atoms with E-state index in [-0.39, 0.29) is 24.0 Å². The highest BCUT2D eigenvalue weighted by atomic mass is 127. The van der Waals surface area contributed by atoms with E-state index in [0.29, 0.717) is 24.1 Å². The first-order chi connectivity index (χ1) is 13.6. The van der Waals surface area contributed by atoms with E-state index in [4.69, 9.17) is 10.5 Å². The van der Waals surface area contributed by atoms with Gasteiger partial charge in [0.1, 0.15) is 0 Å². The van der Waals surface area contributed by atoms with Crippen LogP contribution in [0.5, 0.6) is 0 Å². The largest absolute Gasteiger partial charge is 0.379 e. The van der Waals surface area contributed by atoms with Crippen molar-refractivity contribution in [1.82, 2.24) is 15.5 Å². The Hall–Kier alpha value is -1.39. The number of benzene rings is 1. The maximum atomic E-state index is 11.3. The van der Waals surface area contributed by atoms with E-state index >= 15 is 0 Å². The third-order valence-electron chi connectivity index (χ3n) is 5.48. The molecule has 164 valence electrons. The molecule has 1 aromatic rings. The summed E-state index contributed by atoms with van der Waals surface area (Å²) in [4.78, 5) is 18.2. The van der Waals surface area contributed by atoms with Crippen LogP contribution in [-0.4, -0.2) is 62.7 Å². The van der Waals surface area contributed by atoms with Crippen LogP contribution < -0.4 is 16.4 Å². The SMILES string of the molecule is CCC(CC)C(CNC(=NC)NCc1cccc(C(N)=O)c1)N1CCOCC1.I. The van der Waals surface area contributed by atoms with Crippen LogP contribution in [0, 0.1) is 5.92 Å². The molecule has 1 aliphatic rings. The Labute approximate surface area is 191 Å². The Morgan fingerprint density at radius 3 is 2.52 bits per heavy atom.